The molecule has 0 saturated carbocycles. The number of imidazole rings is 1. The summed E-state index contributed by atoms with van der Waals surface area (Å²) in [6.07, 6.45) is -2.48. The van der Waals surface area contributed by atoms with Crippen LogP contribution in [0.3, 0.4) is 0 Å². The fourth-order valence-electron chi connectivity index (χ4n) is 3.38. The predicted molar refractivity (Wildman–Crippen MR) is 98.5 cm³/mol. The van der Waals surface area contributed by atoms with E-state index in [4.69, 9.17) is 26.8 Å². The molecule has 0 amide bonds. The highest BCUT2D eigenvalue weighted by atomic mass is 35.5. The number of aliphatic hydroxyl groups excluding tert-OH is 2. The van der Waals surface area contributed by atoms with E-state index in [0.717, 1.165) is 0 Å². The fraction of sp³-hybridized carbons (Fsp3) is 0.353. The Morgan fingerprint density at radius 3 is 2.75 bits per heavy atom. The monoisotopic (exact) mass is 407 g/mol. The van der Waals surface area contributed by atoms with Gasteiger partial charge in [0.05, 0.1) is 11.3 Å². The SMILES string of the molecule is COC(c1ccc(O)c(Cl)c1)[C@H]1O[C@@H](n2cnc3c(N)ncnc32)[C@H](O)[C@@H]1O. The quantitative estimate of drug-likeness (QED) is 0.492. The molecule has 1 fully saturated rings. The van der Waals surface area contributed by atoms with Gasteiger partial charge in [-0.2, -0.15) is 0 Å². The van der Waals surface area contributed by atoms with Gasteiger partial charge in [0, 0.05) is 7.11 Å². The molecule has 0 aliphatic carbocycles. The minimum atomic E-state index is -1.27. The Hall–Kier alpha value is -2.50. The molecular formula is C17H18ClN5O5. The van der Waals surface area contributed by atoms with Crippen molar-refractivity contribution in [3.05, 3.63) is 41.4 Å². The molecule has 1 aliphatic rings. The maximum Gasteiger partial charge on any atom is 0.167 e. The van der Waals surface area contributed by atoms with E-state index < -0.39 is 30.6 Å². The third-order valence-electron chi connectivity index (χ3n) is 4.79. The number of benzene rings is 1. The first-order valence-electron chi connectivity index (χ1n) is 8.38. The number of nitrogens with two attached hydrogens (primary N) is 1. The van der Waals surface area contributed by atoms with Crippen molar-refractivity contribution in [2.75, 3.05) is 12.8 Å². The van der Waals surface area contributed by atoms with E-state index in [0.29, 0.717) is 16.7 Å². The molecule has 0 spiro atoms. The molecule has 148 valence electrons. The highest BCUT2D eigenvalue weighted by Gasteiger charge is 2.48. The Kier molecular flexibility index (Phi) is 4.81. The van der Waals surface area contributed by atoms with Gasteiger partial charge in [-0.3, -0.25) is 4.57 Å². The van der Waals surface area contributed by atoms with E-state index in [1.165, 1.54) is 36.5 Å². The summed E-state index contributed by atoms with van der Waals surface area (Å²) < 4.78 is 12.9. The number of nitrogen functional groups attached to an aromatic ring is 1. The van der Waals surface area contributed by atoms with E-state index in [9.17, 15) is 15.3 Å². The number of aromatic hydroxyl groups is 1. The van der Waals surface area contributed by atoms with Crippen molar-refractivity contribution in [2.45, 2.75) is 30.6 Å². The fourth-order valence-corrected chi connectivity index (χ4v) is 3.57. The van der Waals surface area contributed by atoms with Crippen LogP contribution in [-0.4, -0.2) is 60.3 Å². The lowest BCUT2D eigenvalue weighted by molar-refractivity contribution is -0.0975. The molecular weight excluding hydrogens is 390 g/mol. The van der Waals surface area contributed by atoms with Crippen LogP contribution in [0.1, 0.15) is 17.9 Å². The number of aliphatic hydroxyl groups is 2. The molecule has 5 atom stereocenters. The number of phenols is 1. The topological polar surface area (TPSA) is 149 Å². The minimum absolute atomic E-state index is 0.0757. The van der Waals surface area contributed by atoms with Crippen LogP contribution in [0.4, 0.5) is 5.82 Å². The molecule has 3 heterocycles. The van der Waals surface area contributed by atoms with Gasteiger partial charge in [0.1, 0.15) is 42.0 Å². The summed E-state index contributed by atoms with van der Waals surface area (Å²) >= 11 is 5.98. The molecule has 1 saturated heterocycles. The minimum Gasteiger partial charge on any atom is -0.506 e. The highest BCUT2D eigenvalue weighted by molar-refractivity contribution is 6.32. The number of halogens is 1. The molecule has 2 aromatic heterocycles. The first-order chi connectivity index (χ1) is 13.4. The van der Waals surface area contributed by atoms with Gasteiger partial charge in [-0.15, -0.1) is 0 Å². The Balaban J connectivity index is 1.68. The second-order valence-corrected chi connectivity index (χ2v) is 6.83. The zero-order chi connectivity index (χ0) is 20.0. The molecule has 5 N–H and O–H groups in total. The van der Waals surface area contributed by atoms with Gasteiger partial charge >= 0.3 is 0 Å². The van der Waals surface area contributed by atoms with E-state index in [1.54, 1.807) is 6.07 Å². The van der Waals surface area contributed by atoms with E-state index >= 15 is 0 Å². The molecule has 1 aromatic carbocycles. The number of fused-ring (bicyclic) bond motifs is 1. The van der Waals surface area contributed by atoms with Crippen LogP contribution >= 0.6 is 11.6 Å². The number of nitrogens with zero attached hydrogens (tertiary/aromatic N) is 4. The maximum atomic E-state index is 10.6. The second-order valence-electron chi connectivity index (χ2n) is 6.42. The molecule has 11 heteroatoms. The highest BCUT2D eigenvalue weighted by Crippen LogP contribution is 2.39. The summed E-state index contributed by atoms with van der Waals surface area (Å²) in [5.41, 5.74) is 7.10. The number of anilines is 1. The third kappa shape index (κ3) is 2.95. The molecule has 3 aromatic rings. The van der Waals surface area contributed by atoms with Crippen molar-refractivity contribution >= 4 is 28.6 Å². The molecule has 4 rings (SSSR count). The zero-order valence-electron chi connectivity index (χ0n) is 14.7. The van der Waals surface area contributed by atoms with E-state index in [1.807, 2.05) is 0 Å². The van der Waals surface area contributed by atoms with Crippen LogP contribution in [0.2, 0.25) is 5.02 Å². The van der Waals surface area contributed by atoms with Crippen LogP contribution in [0.15, 0.2) is 30.9 Å². The largest absolute Gasteiger partial charge is 0.506 e. The summed E-state index contributed by atoms with van der Waals surface area (Å²) in [5, 5.41) is 31.0. The van der Waals surface area contributed by atoms with Gasteiger partial charge in [-0.25, -0.2) is 15.0 Å². The lowest BCUT2D eigenvalue weighted by atomic mass is 9.99. The average Bonchev–Trinajstić information content (AvgIpc) is 3.23. The van der Waals surface area contributed by atoms with Crippen LogP contribution in [-0.2, 0) is 9.47 Å². The molecule has 1 unspecified atom stereocenters. The summed E-state index contributed by atoms with van der Waals surface area (Å²) in [7, 11) is 1.45. The lowest BCUT2D eigenvalue weighted by Crippen LogP contribution is -2.35. The number of ether oxygens (including phenoxy) is 2. The standard InChI is InChI=1S/C17H18ClN5O5/c1-27-13(7-2-3-9(24)8(18)4-7)14-11(25)12(26)17(28-14)23-6-22-10-15(19)20-5-21-16(10)23/h2-6,11-14,17,24-26H,1H3,(H2,19,20,21)/t11-,12+,13?,14-,17+/m0/s1. The molecule has 28 heavy (non-hydrogen) atoms. The normalized spacial score (nSPS) is 26.0. The number of hydrogen-bond acceptors (Lipinski definition) is 9. The molecule has 0 bridgehead atoms. The lowest BCUT2D eigenvalue weighted by Gasteiger charge is -2.25. The Labute approximate surface area is 164 Å². The average molecular weight is 408 g/mol. The Bertz CT molecular complexity index is 1010. The van der Waals surface area contributed by atoms with Crippen LogP contribution in [0.25, 0.3) is 11.2 Å². The van der Waals surface area contributed by atoms with Crippen molar-refractivity contribution in [1.82, 2.24) is 19.5 Å². The smallest absolute Gasteiger partial charge is 0.167 e. The van der Waals surface area contributed by atoms with Crippen molar-refractivity contribution in [1.29, 1.82) is 0 Å². The molecule has 1 aliphatic heterocycles. The van der Waals surface area contributed by atoms with Gasteiger partial charge in [0.2, 0.25) is 0 Å². The second kappa shape index (κ2) is 7.15. The van der Waals surface area contributed by atoms with Gasteiger partial charge in [0.25, 0.3) is 0 Å². The number of methoxy groups -OCH3 is 1. The van der Waals surface area contributed by atoms with Crippen molar-refractivity contribution < 1.29 is 24.8 Å². The first-order valence-corrected chi connectivity index (χ1v) is 8.76. The summed E-state index contributed by atoms with van der Waals surface area (Å²) in [6, 6.07) is 4.54. The van der Waals surface area contributed by atoms with E-state index in [-0.39, 0.29) is 16.6 Å². The zero-order valence-corrected chi connectivity index (χ0v) is 15.4. The van der Waals surface area contributed by atoms with Crippen molar-refractivity contribution in [2.24, 2.45) is 0 Å². The Morgan fingerprint density at radius 1 is 1.25 bits per heavy atom. The third-order valence-corrected chi connectivity index (χ3v) is 5.09. The first kappa shape index (κ1) is 18.8. The molecule has 0 radical (unpaired) electrons. The summed E-state index contributed by atoms with van der Waals surface area (Å²) in [5.74, 6) is 0.120. The van der Waals surface area contributed by atoms with Gasteiger partial charge in [-0.1, -0.05) is 17.7 Å². The number of hydrogen-bond donors (Lipinski definition) is 4. The number of phenolic OH excluding ortho intramolecular Hbond substituents is 1. The Morgan fingerprint density at radius 2 is 2.04 bits per heavy atom. The van der Waals surface area contributed by atoms with Gasteiger partial charge in [0.15, 0.2) is 17.7 Å². The maximum absolute atomic E-state index is 10.6. The van der Waals surface area contributed by atoms with E-state index in [2.05, 4.69) is 15.0 Å². The molecule has 10 nitrogen and oxygen atoms in total. The number of rotatable bonds is 4. The van der Waals surface area contributed by atoms with Crippen molar-refractivity contribution in [3.8, 4) is 5.75 Å². The van der Waals surface area contributed by atoms with Gasteiger partial charge in [-0.05, 0) is 17.7 Å². The summed E-state index contributed by atoms with van der Waals surface area (Å²) in [4.78, 5) is 12.2. The predicted octanol–water partition coefficient (Wildman–Crippen LogP) is 0.774. The van der Waals surface area contributed by atoms with Crippen LogP contribution in [0, 0.1) is 0 Å². The summed E-state index contributed by atoms with van der Waals surface area (Å²) in [6.45, 7) is 0. The van der Waals surface area contributed by atoms with Crippen LogP contribution in [0.5, 0.6) is 5.75 Å². The van der Waals surface area contributed by atoms with Crippen molar-refractivity contribution in [3.63, 3.8) is 0 Å². The van der Waals surface area contributed by atoms with Crippen LogP contribution < -0.4 is 5.73 Å². The van der Waals surface area contributed by atoms with Gasteiger partial charge < -0.3 is 30.5 Å². The number of aromatic nitrogens is 4.